The van der Waals surface area contributed by atoms with Crippen LogP contribution in [-0.4, -0.2) is 104 Å². The SMILES string of the molecule is C=C[C@@H]1C[C@]1(CC(=O)[C@@H]1C[C@@H]2CN1C(=O)[C@H](C1CCCCC1)CC(=O)N1CCC[C@H](C1)OCCCc1cc3c(cc(-c4ccccc4)nc3cc1OC)O2)C(=O)NS(=O)(=O)C1CC1. The molecular formula is C49H60N4O9S. The monoisotopic (exact) mass is 880 g/mol. The zero-order valence-corrected chi connectivity index (χ0v) is 37.1. The Morgan fingerprint density at radius 2 is 1.78 bits per heavy atom. The van der Waals surface area contributed by atoms with Gasteiger partial charge in [0.2, 0.25) is 27.7 Å². The number of ketones is 1. The molecule has 0 radical (unpaired) electrons. The Labute approximate surface area is 370 Å². The van der Waals surface area contributed by atoms with Crippen molar-refractivity contribution in [2.24, 2.45) is 23.2 Å². The van der Waals surface area contributed by atoms with E-state index in [2.05, 4.69) is 17.4 Å². The van der Waals surface area contributed by atoms with Gasteiger partial charge < -0.3 is 24.0 Å². The van der Waals surface area contributed by atoms with Crippen molar-refractivity contribution >= 4 is 44.4 Å². The van der Waals surface area contributed by atoms with Crippen LogP contribution in [0.5, 0.6) is 11.5 Å². The van der Waals surface area contributed by atoms with E-state index in [0.717, 1.165) is 67.9 Å². The highest BCUT2D eigenvalue weighted by atomic mass is 32.2. The van der Waals surface area contributed by atoms with Crippen LogP contribution in [0.2, 0.25) is 0 Å². The molecule has 2 aromatic carbocycles. The van der Waals surface area contributed by atoms with Crippen LogP contribution in [0.3, 0.4) is 0 Å². The first-order chi connectivity index (χ1) is 30.5. The van der Waals surface area contributed by atoms with Gasteiger partial charge in [0.15, 0.2) is 5.78 Å². The number of piperidine rings is 1. The van der Waals surface area contributed by atoms with Crippen molar-refractivity contribution in [1.29, 1.82) is 0 Å². The van der Waals surface area contributed by atoms with Crippen molar-refractivity contribution in [3.05, 3.63) is 66.7 Å². The lowest BCUT2D eigenvalue weighted by atomic mass is 9.77. The lowest BCUT2D eigenvalue weighted by Crippen LogP contribution is -2.49. The molecule has 14 heteroatoms. The standard InChI is InChI=1S/C49H60N4O9S/c1-3-34-27-49(34,48(57)51-63(58,59)37-18-19-37)28-43(54)42-23-36-30-53(42)47(56)38(31-12-6-4-7-13-31)24-46(55)52-20-10-17-35(29-52)61-21-11-16-33-22-39-41(26-44(33)60-2)50-40(25-45(39)62-36)32-14-8-5-9-15-32/h3,5,8-9,14-15,22,25-26,31,34-38,42H,1,4,6-7,10-13,16-21,23-24,27-30H2,2H3,(H,51,57)/t34-,35-,36-,38+,42+,49-/m1/s1. The minimum absolute atomic E-state index is 0.0267. The number of rotatable bonds is 10. The normalized spacial score (nSPS) is 28.4. The second-order valence-electron chi connectivity index (χ2n) is 18.8. The van der Waals surface area contributed by atoms with Gasteiger partial charge in [-0.2, -0.15) is 0 Å². The number of benzene rings is 2. The maximum absolute atomic E-state index is 15.3. The predicted octanol–water partition coefficient (Wildman–Crippen LogP) is 6.56. The summed E-state index contributed by atoms with van der Waals surface area (Å²) in [4.78, 5) is 67.0. The largest absolute Gasteiger partial charge is 0.496 e. The first kappa shape index (κ1) is 43.4. The molecule has 4 heterocycles. The van der Waals surface area contributed by atoms with Crippen LogP contribution in [0.4, 0.5) is 0 Å². The van der Waals surface area contributed by atoms with Crippen molar-refractivity contribution in [3.63, 3.8) is 0 Å². The average Bonchev–Trinajstić information content (AvgIpc) is 4.23. The second-order valence-corrected chi connectivity index (χ2v) is 20.8. The summed E-state index contributed by atoms with van der Waals surface area (Å²) in [5.74, 6) is -1.15. The van der Waals surface area contributed by atoms with Gasteiger partial charge in [0.25, 0.3) is 0 Å². The fraction of sp³-hybridized carbons (Fsp3) is 0.571. The Balaban J connectivity index is 1.11. The minimum atomic E-state index is -3.87. The van der Waals surface area contributed by atoms with Crippen LogP contribution in [-0.2, 0) is 40.4 Å². The number of amides is 3. The molecular weight excluding hydrogens is 821 g/mol. The van der Waals surface area contributed by atoms with Gasteiger partial charge in [-0.1, -0.05) is 55.7 Å². The molecule has 3 amide bonds. The summed E-state index contributed by atoms with van der Waals surface area (Å²) in [5.41, 5.74) is 1.93. The topological polar surface area (TPSA) is 162 Å². The number of sulfonamides is 1. The predicted molar refractivity (Wildman–Crippen MR) is 237 cm³/mol. The number of allylic oxidation sites excluding steroid dienone is 1. The zero-order chi connectivity index (χ0) is 43.9. The van der Waals surface area contributed by atoms with E-state index >= 15 is 4.79 Å². The molecule has 0 spiro atoms. The van der Waals surface area contributed by atoms with Crippen LogP contribution in [0.15, 0.2) is 61.2 Å². The summed E-state index contributed by atoms with van der Waals surface area (Å²) in [5, 5.41) is 0.162. The first-order valence-corrected chi connectivity index (χ1v) is 24.7. The molecule has 1 N–H and O–H groups in total. The van der Waals surface area contributed by atoms with Crippen LogP contribution in [0, 0.1) is 23.2 Å². The molecule has 2 saturated heterocycles. The lowest BCUT2D eigenvalue weighted by Gasteiger charge is -2.37. The second kappa shape index (κ2) is 18.0. The molecule has 3 aliphatic heterocycles. The number of nitrogens with zero attached hydrogens (tertiary/aromatic N) is 3. The number of hydrogen-bond donors (Lipinski definition) is 1. The van der Waals surface area contributed by atoms with E-state index in [1.54, 1.807) is 18.1 Å². The van der Waals surface area contributed by atoms with Crippen LogP contribution in [0.1, 0.15) is 95.5 Å². The molecule has 6 atom stereocenters. The summed E-state index contributed by atoms with van der Waals surface area (Å²) in [7, 11) is -2.22. The van der Waals surface area contributed by atoms with E-state index in [9.17, 15) is 22.8 Å². The number of aromatic nitrogens is 1. The number of hydrogen-bond acceptors (Lipinski definition) is 10. The Morgan fingerprint density at radius 3 is 2.51 bits per heavy atom. The third kappa shape index (κ3) is 9.12. The van der Waals surface area contributed by atoms with Crippen molar-refractivity contribution < 1.29 is 41.8 Å². The highest BCUT2D eigenvalue weighted by molar-refractivity contribution is 7.90. The van der Waals surface area contributed by atoms with Gasteiger partial charge in [0.05, 0.1) is 47.7 Å². The highest BCUT2D eigenvalue weighted by Gasteiger charge is 2.61. The van der Waals surface area contributed by atoms with Gasteiger partial charge in [-0.25, -0.2) is 13.4 Å². The molecule has 6 bridgehead atoms. The Morgan fingerprint density at radius 1 is 0.984 bits per heavy atom. The Hall–Kier alpha value is -4.82. The lowest BCUT2D eigenvalue weighted by molar-refractivity contribution is -0.148. The van der Waals surface area contributed by atoms with E-state index in [-0.39, 0.29) is 61.8 Å². The highest BCUT2D eigenvalue weighted by Crippen LogP contribution is 2.57. The van der Waals surface area contributed by atoms with Crippen molar-refractivity contribution in [1.82, 2.24) is 19.5 Å². The number of carbonyl (C=O) groups is 4. The smallest absolute Gasteiger partial charge is 0.240 e. The van der Waals surface area contributed by atoms with Crippen molar-refractivity contribution in [2.75, 3.05) is 33.4 Å². The van der Waals surface area contributed by atoms with Crippen LogP contribution in [0.25, 0.3) is 22.2 Å². The molecule has 0 unspecified atom stereocenters. The molecule has 6 aliphatic rings. The van der Waals surface area contributed by atoms with Gasteiger partial charge in [-0.05, 0) is 81.3 Å². The minimum Gasteiger partial charge on any atom is -0.496 e. The summed E-state index contributed by atoms with van der Waals surface area (Å²) >= 11 is 0. The summed E-state index contributed by atoms with van der Waals surface area (Å²) in [6, 6.07) is 14.7. The maximum atomic E-state index is 15.3. The number of ether oxygens (including phenoxy) is 3. The Bertz CT molecular complexity index is 2360. The molecule has 63 heavy (non-hydrogen) atoms. The van der Waals surface area contributed by atoms with E-state index in [0.29, 0.717) is 61.7 Å². The quantitative estimate of drug-likeness (QED) is 0.221. The number of fused-ring (bicyclic) bond motifs is 5. The molecule has 13 nitrogen and oxygen atoms in total. The van der Waals surface area contributed by atoms with E-state index in [1.165, 1.54) is 0 Å². The molecule has 3 aromatic rings. The van der Waals surface area contributed by atoms with Gasteiger partial charge in [-0.15, -0.1) is 6.58 Å². The molecule has 336 valence electrons. The van der Waals surface area contributed by atoms with Crippen LogP contribution < -0.4 is 14.2 Å². The molecule has 1 aromatic heterocycles. The van der Waals surface area contributed by atoms with Crippen molar-refractivity contribution in [2.45, 2.75) is 120 Å². The molecule has 3 aliphatic carbocycles. The van der Waals surface area contributed by atoms with Gasteiger partial charge >= 0.3 is 0 Å². The van der Waals surface area contributed by atoms with Gasteiger partial charge in [0, 0.05) is 68.0 Å². The number of aryl methyl sites for hydroxylation is 1. The number of methoxy groups -OCH3 is 1. The summed E-state index contributed by atoms with van der Waals surface area (Å²) < 4.78 is 47.5. The first-order valence-electron chi connectivity index (χ1n) is 23.1. The fourth-order valence-corrected chi connectivity index (χ4v) is 12.1. The average molecular weight is 881 g/mol. The number of Topliss-reactive ketones (excluding diaryl/α,β-unsaturated/α-hetero) is 1. The van der Waals surface area contributed by atoms with E-state index < -0.39 is 50.6 Å². The zero-order valence-electron chi connectivity index (χ0n) is 36.3. The summed E-state index contributed by atoms with van der Waals surface area (Å²) in [6.45, 7) is 5.59. The third-order valence-electron chi connectivity index (χ3n) is 14.6. The fourth-order valence-electron chi connectivity index (χ4n) is 10.8. The van der Waals surface area contributed by atoms with Gasteiger partial charge in [-0.3, -0.25) is 23.9 Å². The molecule has 5 fully saturated rings. The molecule has 3 saturated carbocycles. The van der Waals surface area contributed by atoms with Crippen molar-refractivity contribution in [3.8, 4) is 22.8 Å². The number of carbonyl (C=O) groups excluding carboxylic acids is 4. The Kier molecular flexibility index (Phi) is 12.4. The number of pyridine rings is 1. The molecule has 9 rings (SSSR count). The van der Waals surface area contributed by atoms with Gasteiger partial charge in [0.1, 0.15) is 17.6 Å². The number of nitrogens with one attached hydrogen (secondary N) is 1. The third-order valence-corrected chi connectivity index (χ3v) is 16.4. The van der Waals surface area contributed by atoms with Crippen LogP contribution >= 0.6 is 0 Å². The van der Waals surface area contributed by atoms with E-state index in [1.807, 2.05) is 47.4 Å². The maximum Gasteiger partial charge on any atom is 0.240 e. The van der Waals surface area contributed by atoms with E-state index in [4.69, 9.17) is 19.2 Å². The summed E-state index contributed by atoms with van der Waals surface area (Å²) in [6.07, 6.45) is 9.78.